The molecule has 0 aromatic carbocycles. The topological polar surface area (TPSA) is 78.9 Å². The Morgan fingerprint density at radius 1 is 0.259 bits per heavy atom. The fraction of sp³-hybridized carbons (Fsp3) is 0.693. The van der Waals surface area contributed by atoms with Crippen LogP contribution < -0.4 is 0 Å². The number of carbonyl (C=O) groups excluding carboxylic acids is 3. The van der Waals surface area contributed by atoms with Gasteiger partial charge >= 0.3 is 17.9 Å². The molecule has 6 nitrogen and oxygen atoms in total. The normalized spacial score (nSPS) is 12.9. The molecule has 0 saturated carbocycles. The second-order valence-electron chi connectivity index (χ2n) is 22.3. The first kappa shape index (κ1) is 76.8. The van der Waals surface area contributed by atoms with E-state index in [1.54, 1.807) is 0 Å². The lowest BCUT2D eigenvalue weighted by Crippen LogP contribution is -2.30. The third kappa shape index (κ3) is 66.5. The van der Waals surface area contributed by atoms with Gasteiger partial charge in [0.05, 0.1) is 0 Å². The van der Waals surface area contributed by atoms with E-state index < -0.39 is 6.10 Å². The Kier molecular flexibility index (Phi) is 64.8. The fourth-order valence-corrected chi connectivity index (χ4v) is 9.38. The maximum atomic E-state index is 12.9. The fourth-order valence-electron chi connectivity index (χ4n) is 9.38. The highest BCUT2D eigenvalue weighted by molar-refractivity contribution is 5.71. The average Bonchev–Trinajstić information content (AvgIpc) is 3.47. The second kappa shape index (κ2) is 68.3. The minimum absolute atomic E-state index is 0.0832. The van der Waals surface area contributed by atoms with Crippen LogP contribution in [-0.2, 0) is 28.6 Å². The maximum Gasteiger partial charge on any atom is 0.306 e. The van der Waals surface area contributed by atoms with Crippen molar-refractivity contribution in [3.05, 3.63) is 122 Å². The minimum Gasteiger partial charge on any atom is -0.462 e. The van der Waals surface area contributed by atoms with Crippen LogP contribution in [0.25, 0.3) is 0 Å². The summed E-state index contributed by atoms with van der Waals surface area (Å²) in [7, 11) is 0. The van der Waals surface area contributed by atoms with E-state index in [0.717, 1.165) is 122 Å². The van der Waals surface area contributed by atoms with Gasteiger partial charge < -0.3 is 14.2 Å². The Hall–Kier alpha value is -4.19. The van der Waals surface area contributed by atoms with Gasteiger partial charge in [-0.15, -0.1) is 0 Å². The molecule has 0 amide bonds. The van der Waals surface area contributed by atoms with Crippen molar-refractivity contribution < 1.29 is 28.6 Å². The molecule has 1 atom stereocenters. The molecule has 0 N–H and O–H groups in total. The summed E-state index contributed by atoms with van der Waals surface area (Å²) in [5.41, 5.74) is 0. The highest BCUT2D eigenvalue weighted by atomic mass is 16.6. The van der Waals surface area contributed by atoms with Crippen LogP contribution in [0.1, 0.15) is 316 Å². The largest absolute Gasteiger partial charge is 0.462 e. The summed E-state index contributed by atoms with van der Waals surface area (Å²) in [4.78, 5) is 38.4. The predicted octanol–water partition coefficient (Wildman–Crippen LogP) is 23.6. The molecule has 0 aromatic rings. The standard InChI is InChI=1S/C75H126O6/c1-4-7-10-13-16-19-22-24-26-28-30-32-34-36-37-39-40-42-44-46-48-50-53-56-59-62-65-68-74(77)80-71-72(70-79-73(76)67-64-61-58-55-52-21-18-15-12-9-6-3)81-75(78)69-66-63-60-57-54-51-49-47-45-43-41-38-35-33-31-29-27-25-23-20-17-14-11-8-5-2/h7-8,10-11,15-20,24-27,30-33,36-37,72H,4-6,9,12-14,21-23,28-29,34-35,38-71H2,1-3H3/b10-7-,11-8-,18-15-,19-16-,20-17-,26-24-,27-25-,32-30-,33-31-,37-36-. The zero-order valence-electron chi connectivity index (χ0n) is 53.0. The van der Waals surface area contributed by atoms with Crippen molar-refractivity contribution in [2.45, 2.75) is 322 Å². The number of hydrogen-bond donors (Lipinski definition) is 0. The van der Waals surface area contributed by atoms with Crippen molar-refractivity contribution in [3.63, 3.8) is 0 Å². The van der Waals surface area contributed by atoms with Crippen LogP contribution in [0.2, 0.25) is 0 Å². The van der Waals surface area contributed by atoms with E-state index >= 15 is 0 Å². The molecule has 81 heavy (non-hydrogen) atoms. The van der Waals surface area contributed by atoms with Crippen molar-refractivity contribution in [3.8, 4) is 0 Å². The SMILES string of the molecule is CC/C=C\C/C=C\C/C=C\C/C=C\C/C=C\CCCCCCCCCCCCCC(=O)OCC(COC(=O)CCCCCCC/C=C\CCCC)OC(=O)CCCCCCCCCCCCCC/C=C\C/C=C\C/C=C\C/C=C\CC. The highest BCUT2D eigenvalue weighted by Gasteiger charge is 2.19. The van der Waals surface area contributed by atoms with Crippen LogP contribution >= 0.6 is 0 Å². The molecule has 0 bridgehead atoms. The van der Waals surface area contributed by atoms with Crippen LogP contribution in [0.15, 0.2) is 122 Å². The van der Waals surface area contributed by atoms with E-state index in [2.05, 4.69) is 142 Å². The Morgan fingerprint density at radius 2 is 0.481 bits per heavy atom. The Labute approximate surface area is 501 Å². The number of esters is 3. The van der Waals surface area contributed by atoms with E-state index in [1.807, 2.05) is 0 Å². The molecule has 0 aliphatic carbocycles. The summed E-state index contributed by atoms with van der Waals surface area (Å²) in [5, 5.41) is 0. The number of carbonyl (C=O) groups is 3. The lowest BCUT2D eigenvalue weighted by Gasteiger charge is -2.18. The minimum atomic E-state index is -0.787. The first-order valence-corrected chi connectivity index (χ1v) is 34.0. The Bertz CT molecular complexity index is 1670. The summed E-state index contributed by atoms with van der Waals surface area (Å²) in [6.45, 7) is 6.39. The van der Waals surface area contributed by atoms with E-state index in [9.17, 15) is 14.4 Å². The highest BCUT2D eigenvalue weighted by Crippen LogP contribution is 2.17. The first-order chi connectivity index (χ1) is 40.0. The quantitative estimate of drug-likeness (QED) is 0.0261. The molecule has 0 aliphatic heterocycles. The van der Waals surface area contributed by atoms with Gasteiger partial charge in [0.15, 0.2) is 6.10 Å². The average molecular weight is 1120 g/mol. The summed E-state index contributed by atoms with van der Waals surface area (Å²) in [6.07, 6.45) is 95.0. The van der Waals surface area contributed by atoms with Crippen molar-refractivity contribution in [2.24, 2.45) is 0 Å². The molecule has 0 spiro atoms. The van der Waals surface area contributed by atoms with Gasteiger partial charge in [-0.3, -0.25) is 14.4 Å². The summed E-state index contributed by atoms with van der Waals surface area (Å²) < 4.78 is 16.9. The molecule has 0 radical (unpaired) electrons. The first-order valence-electron chi connectivity index (χ1n) is 34.0. The summed E-state index contributed by atoms with van der Waals surface area (Å²) >= 11 is 0. The number of allylic oxidation sites excluding steroid dienone is 20. The van der Waals surface area contributed by atoms with Crippen LogP contribution in [0, 0.1) is 0 Å². The van der Waals surface area contributed by atoms with E-state index in [-0.39, 0.29) is 31.1 Å². The number of hydrogen-bond acceptors (Lipinski definition) is 6. The van der Waals surface area contributed by atoms with Crippen molar-refractivity contribution in [2.75, 3.05) is 13.2 Å². The molecule has 6 heteroatoms. The van der Waals surface area contributed by atoms with Crippen LogP contribution in [-0.4, -0.2) is 37.2 Å². The molecule has 0 aromatic heterocycles. The smallest absolute Gasteiger partial charge is 0.306 e. The summed E-state index contributed by atoms with van der Waals surface area (Å²) in [6, 6.07) is 0. The third-order valence-electron chi connectivity index (χ3n) is 14.4. The zero-order chi connectivity index (χ0) is 58.5. The van der Waals surface area contributed by atoms with Gasteiger partial charge in [-0.25, -0.2) is 0 Å². The zero-order valence-corrected chi connectivity index (χ0v) is 53.0. The number of rotatable bonds is 61. The molecule has 0 heterocycles. The number of unbranched alkanes of at least 4 members (excludes halogenated alkanes) is 30. The van der Waals surface area contributed by atoms with Gasteiger partial charge in [-0.2, -0.15) is 0 Å². The Morgan fingerprint density at radius 3 is 0.765 bits per heavy atom. The van der Waals surface area contributed by atoms with Gasteiger partial charge in [-0.05, 0) is 122 Å². The van der Waals surface area contributed by atoms with Gasteiger partial charge in [0, 0.05) is 19.3 Å². The van der Waals surface area contributed by atoms with Crippen LogP contribution in [0.3, 0.4) is 0 Å². The summed E-state index contributed by atoms with van der Waals surface area (Å²) in [5.74, 6) is -0.889. The van der Waals surface area contributed by atoms with Gasteiger partial charge in [0.1, 0.15) is 13.2 Å². The molecule has 0 fully saturated rings. The molecule has 462 valence electrons. The molecule has 0 rings (SSSR count). The second-order valence-corrected chi connectivity index (χ2v) is 22.3. The third-order valence-corrected chi connectivity index (χ3v) is 14.4. The van der Waals surface area contributed by atoms with Crippen molar-refractivity contribution in [1.29, 1.82) is 0 Å². The monoisotopic (exact) mass is 1120 g/mol. The molecular formula is C75H126O6. The van der Waals surface area contributed by atoms with Crippen LogP contribution in [0.5, 0.6) is 0 Å². The number of ether oxygens (including phenoxy) is 3. The van der Waals surface area contributed by atoms with E-state index in [0.29, 0.717) is 19.3 Å². The molecule has 1 unspecified atom stereocenters. The predicted molar refractivity (Wildman–Crippen MR) is 353 cm³/mol. The van der Waals surface area contributed by atoms with Crippen LogP contribution in [0.4, 0.5) is 0 Å². The van der Waals surface area contributed by atoms with Gasteiger partial charge in [0.25, 0.3) is 0 Å². The lowest BCUT2D eigenvalue weighted by molar-refractivity contribution is -0.167. The van der Waals surface area contributed by atoms with Gasteiger partial charge in [0.2, 0.25) is 0 Å². The van der Waals surface area contributed by atoms with Crippen molar-refractivity contribution in [1.82, 2.24) is 0 Å². The van der Waals surface area contributed by atoms with E-state index in [4.69, 9.17) is 14.2 Å². The van der Waals surface area contributed by atoms with Gasteiger partial charge in [-0.1, -0.05) is 296 Å². The molecular weight excluding hydrogens is 997 g/mol. The Balaban J connectivity index is 4.26. The molecule has 0 saturated heterocycles. The van der Waals surface area contributed by atoms with E-state index in [1.165, 1.54) is 154 Å². The maximum absolute atomic E-state index is 12.9. The van der Waals surface area contributed by atoms with Crippen molar-refractivity contribution >= 4 is 17.9 Å². The lowest BCUT2D eigenvalue weighted by atomic mass is 10.0. The molecule has 0 aliphatic rings.